The van der Waals surface area contributed by atoms with E-state index in [1.165, 1.54) is 9.80 Å². The molecule has 0 atom stereocenters. The molecule has 5 heteroatoms. The third-order valence-corrected chi connectivity index (χ3v) is 1.92. The van der Waals surface area contributed by atoms with Crippen LogP contribution < -0.4 is 5.73 Å². The largest absolute Gasteiger partial charge is 0.336 e. The Kier molecular flexibility index (Phi) is 2.65. The van der Waals surface area contributed by atoms with Crippen molar-refractivity contribution >= 4 is 11.8 Å². The number of amides is 2. The molecule has 1 heterocycles. The van der Waals surface area contributed by atoms with Gasteiger partial charge in [0.15, 0.2) is 0 Å². The van der Waals surface area contributed by atoms with Gasteiger partial charge >= 0.3 is 11.8 Å². The van der Waals surface area contributed by atoms with Crippen LogP contribution in [0.25, 0.3) is 0 Å². The van der Waals surface area contributed by atoms with Crippen LogP contribution in [0.5, 0.6) is 0 Å². The molecule has 12 heavy (non-hydrogen) atoms. The Balaban J connectivity index is 2.59. The summed E-state index contributed by atoms with van der Waals surface area (Å²) in [7, 11) is 1.63. The van der Waals surface area contributed by atoms with E-state index in [2.05, 4.69) is 0 Å². The second-order valence-electron chi connectivity index (χ2n) is 2.81. The van der Waals surface area contributed by atoms with E-state index in [9.17, 15) is 9.59 Å². The van der Waals surface area contributed by atoms with Gasteiger partial charge in [-0.1, -0.05) is 0 Å². The van der Waals surface area contributed by atoms with E-state index in [0.717, 1.165) is 0 Å². The van der Waals surface area contributed by atoms with E-state index in [4.69, 9.17) is 5.73 Å². The van der Waals surface area contributed by atoms with Crippen molar-refractivity contribution in [3.8, 4) is 0 Å². The molecule has 0 spiro atoms. The van der Waals surface area contributed by atoms with Crippen molar-refractivity contribution < 1.29 is 9.59 Å². The van der Waals surface area contributed by atoms with Gasteiger partial charge in [0.05, 0.1) is 0 Å². The number of nitrogens with two attached hydrogens (primary N) is 1. The number of likely N-dealkylation sites (N-methyl/N-ethyl adjacent to an activating group) is 1. The SMILES string of the molecule is CN1CCN(CCN)C(=O)C1=O. The molecular weight excluding hydrogens is 158 g/mol. The number of hydrogen-bond donors (Lipinski definition) is 1. The Morgan fingerprint density at radius 2 is 2.00 bits per heavy atom. The maximum atomic E-state index is 11.2. The highest BCUT2D eigenvalue weighted by molar-refractivity contribution is 6.35. The number of nitrogens with zero attached hydrogens (tertiary/aromatic N) is 2. The second kappa shape index (κ2) is 3.53. The second-order valence-corrected chi connectivity index (χ2v) is 2.81. The van der Waals surface area contributed by atoms with Crippen LogP contribution in [-0.4, -0.2) is 54.8 Å². The van der Waals surface area contributed by atoms with Crippen LogP contribution >= 0.6 is 0 Å². The molecule has 68 valence electrons. The number of carbonyl (C=O) groups excluding carboxylic acids is 2. The molecule has 0 aromatic carbocycles. The molecule has 1 saturated heterocycles. The fraction of sp³-hybridized carbons (Fsp3) is 0.714. The first-order chi connectivity index (χ1) is 5.66. The quantitative estimate of drug-likeness (QED) is 0.501. The standard InChI is InChI=1S/C7H13N3O2/c1-9-4-5-10(3-2-8)7(12)6(9)11/h2-5,8H2,1H3. The lowest BCUT2D eigenvalue weighted by Crippen LogP contribution is -2.53. The van der Waals surface area contributed by atoms with Gasteiger partial charge in [-0.05, 0) is 0 Å². The lowest BCUT2D eigenvalue weighted by molar-refractivity contribution is -0.154. The van der Waals surface area contributed by atoms with E-state index in [1.54, 1.807) is 7.05 Å². The number of hydrogen-bond acceptors (Lipinski definition) is 3. The van der Waals surface area contributed by atoms with E-state index in [1.807, 2.05) is 0 Å². The fourth-order valence-electron chi connectivity index (χ4n) is 1.14. The monoisotopic (exact) mass is 171 g/mol. The molecular formula is C7H13N3O2. The van der Waals surface area contributed by atoms with E-state index >= 15 is 0 Å². The predicted octanol–water partition coefficient (Wildman–Crippen LogP) is -1.75. The van der Waals surface area contributed by atoms with Gasteiger partial charge in [0.1, 0.15) is 0 Å². The first-order valence-corrected chi connectivity index (χ1v) is 3.91. The zero-order valence-corrected chi connectivity index (χ0v) is 7.12. The van der Waals surface area contributed by atoms with Crippen molar-refractivity contribution in [2.75, 3.05) is 33.2 Å². The molecule has 5 nitrogen and oxygen atoms in total. The van der Waals surface area contributed by atoms with Gasteiger partial charge in [0, 0.05) is 33.2 Å². The average molecular weight is 171 g/mol. The van der Waals surface area contributed by atoms with Crippen molar-refractivity contribution in [3.05, 3.63) is 0 Å². The highest BCUT2D eigenvalue weighted by Crippen LogP contribution is 2.01. The summed E-state index contributed by atoms with van der Waals surface area (Å²) >= 11 is 0. The van der Waals surface area contributed by atoms with Crippen LogP contribution in [0.15, 0.2) is 0 Å². The van der Waals surface area contributed by atoms with E-state index < -0.39 is 11.8 Å². The molecule has 1 fully saturated rings. The van der Waals surface area contributed by atoms with Crippen molar-refractivity contribution in [2.45, 2.75) is 0 Å². The van der Waals surface area contributed by atoms with Crippen molar-refractivity contribution in [3.63, 3.8) is 0 Å². The molecule has 0 aliphatic carbocycles. The minimum atomic E-state index is -0.436. The van der Waals surface area contributed by atoms with Crippen LogP contribution in [0.1, 0.15) is 0 Å². The van der Waals surface area contributed by atoms with Crippen molar-refractivity contribution in [1.29, 1.82) is 0 Å². The van der Waals surface area contributed by atoms with Crippen LogP contribution in [0, 0.1) is 0 Å². The number of piperazine rings is 1. The Hall–Kier alpha value is -1.10. The normalized spacial score (nSPS) is 18.8. The summed E-state index contributed by atoms with van der Waals surface area (Å²) in [4.78, 5) is 25.2. The molecule has 0 unspecified atom stereocenters. The smallest absolute Gasteiger partial charge is 0.312 e. The van der Waals surface area contributed by atoms with Gasteiger partial charge in [-0.15, -0.1) is 0 Å². The average Bonchev–Trinajstić information content (AvgIpc) is 2.07. The summed E-state index contributed by atoms with van der Waals surface area (Å²) in [5.41, 5.74) is 5.28. The molecule has 2 amide bonds. The van der Waals surface area contributed by atoms with Gasteiger partial charge in [-0.3, -0.25) is 9.59 Å². The first kappa shape index (κ1) is 8.99. The highest BCUT2D eigenvalue weighted by atomic mass is 16.2. The molecule has 1 aliphatic rings. The Bertz CT molecular complexity index is 205. The van der Waals surface area contributed by atoms with Gasteiger partial charge in [0.2, 0.25) is 0 Å². The van der Waals surface area contributed by atoms with Gasteiger partial charge in [-0.25, -0.2) is 0 Å². The van der Waals surface area contributed by atoms with Crippen molar-refractivity contribution in [1.82, 2.24) is 9.80 Å². The summed E-state index contributed by atoms with van der Waals surface area (Å²) in [6.45, 7) is 2.07. The summed E-state index contributed by atoms with van der Waals surface area (Å²) in [6, 6.07) is 0. The summed E-state index contributed by atoms with van der Waals surface area (Å²) in [5.74, 6) is -0.871. The molecule has 0 bridgehead atoms. The lowest BCUT2D eigenvalue weighted by atomic mass is 10.3. The van der Waals surface area contributed by atoms with Crippen LogP contribution in [-0.2, 0) is 9.59 Å². The molecule has 0 aromatic rings. The number of carbonyl (C=O) groups is 2. The number of rotatable bonds is 2. The highest BCUT2D eigenvalue weighted by Gasteiger charge is 2.29. The topological polar surface area (TPSA) is 66.6 Å². The van der Waals surface area contributed by atoms with Gasteiger partial charge in [0.25, 0.3) is 0 Å². The van der Waals surface area contributed by atoms with Gasteiger partial charge < -0.3 is 15.5 Å². The Morgan fingerprint density at radius 1 is 1.33 bits per heavy atom. The fourth-order valence-corrected chi connectivity index (χ4v) is 1.14. The van der Waals surface area contributed by atoms with Crippen LogP contribution in [0.4, 0.5) is 0 Å². The molecule has 1 aliphatic heterocycles. The maximum Gasteiger partial charge on any atom is 0.312 e. The molecule has 0 saturated carbocycles. The molecule has 2 N–H and O–H groups in total. The predicted molar refractivity (Wildman–Crippen MR) is 43.3 cm³/mol. The summed E-state index contributed by atoms with van der Waals surface area (Å²) < 4.78 is 0. The van der Waals surface area contributed by atoms with Crippen molar-refractivity contribution in [2.24, 2.45) is 5.73 Å². The molecule has 1 rings (SSSR count). The minimum Gasteiger partial charge on any atom is -0.336 e. The summed E-state index contributed by atoms with van der Waals surface area (Å²) in [6.07, 6.45) is 0. The van der Waals surface area contributed by atoms with E-state index in [-0.39, 0.29) is 0 Å². The Morgan fingerprint density at radius 3 is 2.58 bits per heavy atom. The Labute approximate surface area is 71.1 Å². The minimum absolute atomic E-state index is 0.405. The summed E-state index contributed by atoms with van der Waals surface area (Å²) in [5, 5.41) is 0. The zero-order valence-electron chi connectivity index (χ0n) is 7.12. The van der Waals surface area contributed by atoms with Gasteiger partial charge in [-0.2, -0.15) is 0 Å². The third kappa shape index (κ3) is 1.55. The van der Waals surface area contributed by atoms with Crippen LogP contribution in [0.3, 0.4) is 0 Å². The molecule has 0 aromatic heterocycles. The van der Waals surface area contributed by atoms with Crippen LogP contribution in [0.2, 0.25) is 0 Å². The van der Waals surface area contributed by atoms with E-state index in [0.29, 0.717) is 26.2 Å². The maximum absolute atomic E-state index is 11.2. The zero-order chi connectivity index (χ0) is 9.14. The first-order valence-electron chi connectivity index (χ1n) is 3.91. The lowest BCUT2D eigenvalue weighted by Gasteiger charge is -2.30. The molecule has 0 radical (unpaired) electrons. The third-order valence-electron chi connectivity index (χ3n) is 1.92.